The first-order valence-corrected chi connectivity index (χ1v) is 16.6. The van der Waals surface area contributed by atoms with E-state index in [4.69, 9.17) is 9.98 Å². The number of aromatic hydroxyl groups is 2. The Kier molecular flexibility index (Phi) is 13.5. The van der Waals surface area contributed by atoms with Crippen LogP contribution in [0.2, 0.25) is 0 Å². The summed E-state index contributed by atoms with van der Waals surface area (Å²) in [4.78, 5) is 9.70. The minimum atomic E-state index is -0.0846. The van der Waals surface area contributed by atoms with Gasteiger partial charge >= 0.3 is 0 Å². The SMILES string of the molecule is CCCCC(C=Nc1ccc(CC)c(CC)c1)=Nc1ccc(CC)c(CC)c1.CCc1ccc2c(O)c(O)ccc2c1Br. The van der Waals surface area contributed by atoms with Gasteiger partial charge in [-0.25, -0.2) is 0 Å². The number of fused-ring (bicyclic) bond motifs is 1. The molecule has 4 nitrogen and oxygen atoms in total. The molecule has 0 saturated carbocycles. The fourth-order valence-corrected chi connectivity index (χ4v) is 5.96. The number of halogens is 1. The van der Waals surface area contributed by atoms with Crippen LogP contribution in [0.4, 0.5) is 11.4 Å². The molecule has 0 bridgehead atoms. The standard InChI is InChI=1S/C26H36N2.C12H11BrO2/c1-6-11-12-26(28-25-16-14-21(8-3)23(10-5)18-25)19-27-24-15-13-20(7-2)22(9-4)17-24;1-2-7-3-4-9-8(11(7)13)5-6-10(14)12(9)15/h13-19H,6-12H2,1-5H3;3-6,14-15H,2H2,1H3. The van der Waals surface area contributed by atoms with Crippen molar-refractivity contribution in [1.29, 1.82) is 0 Å². The van der Waals surface area contributed by atoms with Gasteiger partial charge in [0.05, 0.1) is 17.1 Å². The molecule has 43 heavy (non-hydrogen) atoms. The minimum Gasteiger partial charge on any atom is -0.504 e. The Labute approximate surface area is 266 Å². The van der Waals surface area contributed by atoms with Crippen molar-refractivity contribution in [2.75, 3.05) is 0 Å². The molecule has 0 fully saturated rings. The Balaban J connectivity index is 0.000000282. The minimum absolute atomic E-state index is 0.0594. The maximum absolute atomic E-state index is 9.68. The highest BCUT2D eigenvalue weighted by atomic mass is 79.9. The van der Waals surface area contributed by atoms with E-state index in [0.717, 1.165) is 78.3 Å². The van der Waals surface area contributed by atoms with Gasteiger partial charge in [0.1, 0.15) is 0 Å². The number of phenols is 2. The highest BCUT2D eigenvalue weighted by Gasteiger charge is 2.09. The first kappa shape index (κ1) is 34.1. The summed E-state index contributed by atoms with van der Waals surface area (Å²) >= 11 is 3.51. The first-order chi connectivity index (χ1) is 20.8. The lowest BCUT2D eigenvalue weighted by molar-refractivity contribution is 0.408. The summed E-state index contributed by atoms with van der Waals surface area (Å²) in [6.45, 7) is 13.1. The van der Waals surface area contributed by atoms with E-state index < -0.39 is 0 Å². The fourth-order valence-electron chi connectivity index (χ4n) is 5.20. The normalized spacial score (nSPS) is 11.7. The number of hydrogen-bond donors (Lipinski definition) is 2. The average molecular weight is 644 g/mol. The molecule has 0 spiro atoms. The van der Waals surface area contributed by atoms with Crippen LogP contribution >= 0.6 is 15.9 Å². The Bertz CT molecular complexity index is 1570. The van der Waals surface area contributed by atoms with Crippen LogP contribution in [-0.2, 0) is 32.1 Å². The van der Waals surface area contributed by atoms with Crippen LogP contribution in [0.25, 0.3) is 10.8 Å². The number of unbranched alkanes of at least 4 members (excludes halogenated alkanes) is 1. The highest BCUT2D eigenvalue weighted by Crippen LogP contribution is 2.38. The van der Waals surface area contributed by atoms with Crippen molar-refractivity contribution in [3.8, 4) is 11.5 Å². The molecule has 5 heteroatoms. The smallest absolute Gasteiger partial charge is 0.165 e. The zero-order valence-corrected chi connectivity index (χ0v) is 28.3. The summed E-state index contributed by atoms with van der Waals surface area (Å²) in [5.41, 5.74) is 9.96. The summed E-state index contributed by atoms with van der Waals surface area (Å²) in [6, 6.07) is 20.2. The first-order valence-electron chi connectivity index (χ1n) is 15.8. The lowest BCUT2D eigenvalue weighted by Crippen LogP contribution is -2.00. The van der Waals surface area contributed by atoms with Crippen molar-refractivity contribution >= 4 is 50.0 Å². The Morgan fingerprint density at radius 3 is 1.77 bits per heavy atom. The van der Waals surface area contributed by atoms with Gasteiger partial charge in [0, 0.05) is 21.5 Å². The molecule has 0 aliphatic rings. The number of hydrogen-bond acceptors (Lipinski definition) is 4. The molecule has 4 rings (SSSR count). The second-order valence-electron chi connectivity index (χ2n) is 10.7. The van der Waals surface area contributed by atoms with Gasteiger partial charge in [-0.2, -0.15) is 0 Å². The van der Waals surface area contributed by atoms with Crippen molar-refractivity contribution in [1.82, 2.24) is 0 Å². The lowest BCUT2D eigenvalue weighted by atomic mass is 10.0. The number of nitrogens with zero attached hydrogens (tertiary/aromatic N) is 2. The van der Waals surface area contributed by atoms with E-state index in [1.54, 1.807) is 6.07 Å². The number of rotatable bonds is 11. The molecule has 0 amide bonds. The van der Waals surface area contributed by atoms with Crippen LogP contribution in [0.1, 0.15) is 88.6 Å². The van der Waals surface area contributed by atoms with Crippen LogP contribution in [0.3, 0.4) is 0 Å². The molecule has 0 radical (unpaired) electrons. The monoisotopic (exact) mass is 642 g/mol. The van der Waals surface area contributed by atoms with Gasteiger partial charge in [-0.1, -0.05) is 72.2 Å². The zero-order chi connectivity index (χ0) is 31.4. The summed E-state index contributed by atoms with van der Waals surface area (Å²) in [7, 11) is 0. The predicted octanol–water partition coefficient (Wildman–Crippen LogP) is 11.2. The molecule has 0 saturated heterocycles. The average Bonchev–Trinajstić information content (AvgIpc) is 3.04. The van der Waals surface area contributed by atoms with E-state index in [-0.39, 0.29) is 11.5 Å². The molecule has 0 aliphatic heterocycles. The van der Waals surface area contributed by atoms with Gasteiger partial charge in [-0.3, -0.25) is 9.98 Å². The van der Waals surface area contributed by atoms with E-state index >= 15 is 0 Å². The molecule has 228 valence electrons. The lowest BCUT2D eigenvalue weighted by Gasteiger charge is -2.08. The second kappa shape index (κ2) is 17.0. The van der Waals surface area contributed by atoms with E-state index in [1.165, 1.54) is 33.9 Å². The van der Waals surface area contributed by atoms with Crippen molar-refractivity contribution < 1.29 is 10.2 Å². The van der Waals surface area contributed by atoms with Crippen molar-refractivity contribution in [3.63, 3.8) is 0 Å². The maximum Gasteiger partial charge on any atom is 0.165 e. The van der Waals surface area contributed by atoms with E-state index in [2.05, 4.69) is 93.9 Å². The van der Waals surface area contributed by atoms with Crippen LogP contribution in [-0.4, -0.2) is 22.1 Å². The van der Waals surface area contributed by atoms with Gasteiger partial charge in [-0.15, -0.1) is 0 Å². The van der Waals surface area contributed by atoms with Gasteiger partial charge < -0.3 is 10.2 Å². The molecular formula is C38H47BrN2O2. The summed E-state index contributed by atoms with van der Waals surface area (Å²) in [5.74, 6) is -0.144. The topological polar surface area (TPSA) is 65.2 Å². The third-order valence-electron chi connectivity index (χ3n) is 7.87. The zero-order valence-electron chi connectivity index (χ0n) is 26.7. The molecule has 0 aromatic heterocycles. The molecule has 0 aliphatic carbocycles. The second-order valence-corrected chi connectivity index (χ2v) is 11.5. The number of aliphatic imine (C=N–C) groups is 2. The molecule has 0 unspecified atom stereocenters. The van der Waals surface area contributed by atoms with E-state index in [0.29, 0.717) is 5.39 Å². The molecular weight excluding hydrogens is 596 g/mol. The molecule has 0 atom stereocenters. The van der Waals surface area contributed by atoms with Gasteiger partial charge in [-0.05, 0) is 125 Å². The van der Waals surface area contributed by atoms with Gasteiger partial charge in [0.25, 0.3) is 0 Å². The summed E-state index contributed by atoms with van der Waals surface area (Å²) in [5, 5.41) is 20.6. The van der Waals surface area contributed by atoms with Crippen LogP contribution in [0.15, 0.2) is 75.1 Å². The quantitative estimate of drug-likeness (QED) is 0.126. The van der Waals surface area contributed by atoms with Gasteiger partial charge in [0.2, 0.25) is 0 Å². The van der Waals surface area contributed by atoms with Crippen LogP contribution in [0, 0.1) is 0 Å². The maximum atomic E-state index is 9.68. The number of benzene rings is 4. The van der Waals surface area contributed by atoms with E-state index in [9.17, 15) is 10.2 Å². The largest absolute Gasteiger partial charge is 0.504 e. The molecule has 0 heterocycles. The third kappa shape index (κ3) is 9.03. The van der Waals surface area contributed by atoms with Crippen LogP contribution < -0.4 is 0 Å². The third-order valence-corrected chi connectivity index (χ3v) is 8.81. The Morgan fingerprint density at radius 2 is 1.19 bits per heavy atom. The van der Waals surface area contributed by atoms with Crippen LogP contribution in [0.5, 0.6) is 11.5 Å². The summed E-state index contributed by atoms with van der Waals surface area (Å²) < 4.78 is 0.984. The Morgan fingerprint density at radius 1 is 0.651 bits per heavy atom. The predicted molar refractivity (Wildman–Crippen MR) is 190 cm³/mol. The van der Waals surface area contributed by atoms with Gasteiger partial charge in [0.15, 0.2) is 11.5 Å². The number of aryl methyl sites for hydroxylation is 5. The molecule has 2 N–H and O–H groups in total. The highest BCUT2D eigenvalue weighted by molar-refractivity contribution is 9.10. The molecule has 4 aromatic carbocycles. The Hall–Kier alpha value is -3.44. The number of phenolic OH excluding ortho intramolecular Hbond substituents is 2. The fraction of sp³-hybridized carbons (Fsp3) is 0.368. The van der Waals surface area contributed by atoms with E-state index in [1.807, 2.05) is 18.3 Å². The van der Waals surface area contributed by atoms with Crippen molar-refractivity contribution in [3.05, 3.63) is 93.0 Å². The van der Waals surface area contributed by atoms with Crippen molar-refractivity contribution in [2.24, 2.45) is 9.98 Å². The summed E-state index contributed by atoms with van der Waals surface area (Å²) in [6.07, 6.45) is 10.4. The van der Waals surface area contributed by atoms with Crippen molar-refractivity contribution in [2.45, 2.75) is 92.9 Å². The molecule has 4 aromatic rings.